The van der Waals surface area contributed by atoms with Crippen molar-refractivity contribution in [2.45, 2.75) is 13.8 Å². The minimum atomic E-state index is 0.151. The maximum Gasteiger partial charge on any atom is 0.175 e. The van der Waals surface area contributed by atoms with E-state index in [1.807, 2.05) is 55.5 Å². The lowest BCUT2D eigenvalue weighted by Crippen LogP contribution is -2.26. The molecule has 0 saturated carbocycles. The summed E-state index contributed by atoms with van der Waals surface area (Å²) in [7, 11) is 0. The van der Waals surface area contributed by atoms with Crippen LogP contribution in [-0.2, 0) is 0 Å². The van der Waals surface area contributed by atoms with Gasteiger partial charge in [-0.1, -0.05) is 12.1 Å². The standard InChI is InChI=1S/C18H23N3OS/c1-3-21(11-12-22)17-9-7-15(8-10-17)19-18(23)20-16-6-4-5-14(2)13-16/h4-10,13,22H,3,11-12H2,1-2H3,(H2,19,20,23). The highest BCUT2D eigenvalue weighted by Crippen LogP contribution is 2.18. The SMILES string of the molecule is CCN(CCO)c1ccc(NC(=S)Nc2cccc(C)c2)cc1. The van der Waals surface area contributed by atoms with Crippen LogP contribution in [0.5, 0.6) is 0 Å². The van der Waals surface area contributed by atoms with E-state index in [0.29, 0.717) is 11.7 Å². The minimum Gasteiger partial charge on any atom is -0.395 e. The third kappa shape index (κ3) is 5.23. The molecule has 0 saturated heterocycles. The normalized spacial score (nSPS) is 10.2. The van der Waals surface area contributed by atoms with Crippen molar-refractivity contribution in [3.63, 3.8) is 0 Å². The van der Waals surface area contributed by atoms with E-state index in [1.54, 1.807) is 0 Å². The molecule has 0 amide bonds. The Labute approximate surface area is 143 Å². The summed E-state index contributed by atoms with van der Waals surface area (Å²) in [6, 6.07) is 16.1. The molecule has 5 heteroatoms. The van der Waals surface area contributed by atoms with Crippen molar-refractivity contribution in [2.75, 3.05) is 35.2 Å². The molecule has 122 valence electrons. The molecule has 0 unspecified atom stereocenters. The fraction of sp³-hybridized carbons (Fsp3) is 0.278. The highest BCUT2D eigenvalue weighted by Gasteiger charge is 2.04. The van der Waals surface area contributed by atoms with Crippen molar-refractivity contribution in [1.29, 1.82) is 0 Å². The number of hydrogen-bond donors (Lipinski definition) is 3. The first-order valence-corrected chi connectivity index (χ1v) is 8.13. The first-order chi connectivity index (χ1) is 11.1. The molecule has 0 aromatic heterocycles. The van der Waals surface area contributed by atoms with E-state index < -0.39 is 0 Å². The summed E-state index contributed by atoms with van der Waals surface area (Å²) in [6.07, 6.45) is 0. The molecule has 0 aliphatic carbocycles. The number of thiocarbonyl (C=S) groups is 1. The second kappa shape index (κ2) is 8.50. The van der Waals surface area contributed by atoms with Crippen LogP contribution in [0.25, 0.3) is 0 Å². The molecular weight excluding hydrogens is 306 g/mol. The van der Waals surface area contributed by atoms with E-state index in [9.17, 15) is 0 Å². The summed E-state index contributed by atoms with van der Waals surface area (Å²) < 4.78 is 0. The second-order valence-electron chi connectivity index (χ2n) is 5.30. The van der Waals surface area contributed by atoms with Crippen LogP contribution in [0.15, 0.2) is 48.5 Å². The molecule has 0 bridgehead atoms. The number of aryl methyl sites for hydroxylation is 1. The molecule has 4 nitrogen and oxygen atoms in total. The molecule has 0 aliphatic rings. The third-order valence-electron chi connectivity index (χ3n) is 3.52. The zero-order valence-corrected chi connectivity index (χ0v) is 14.4. The number of anilines is 3. The monoisotopic (exact) mass is 329 g/mol. The molecule has 3 N–H and O–H groups in total. The van der Waals surface area contributed by atoms with Gasteiger partial charge in [0.1, 0.15) is 0 Å². The first kappa shape index (κ1) is 17.2. The van der Waals surface area contributed by atoms with Gasteiger partial charge < -0.3 is 20.6 Å². The third-order valence-corrected chi connectivity index (χ3v) is 3.72. The lowest BCUT2D eigenvalue weighted by molar-refractivity contribution is 0.302. The van der Waals surface area contributed by atoms with Gasteiger partial charge >= 0.3 is 0 Å². The predicted octanol–water partition coefficient (Wildman–Crippen LogP) is 3.62. The van der Waals surface area contributed by atoms with Crippen LogP contribution in [0.2, 0.25) is 0 Å². The van der Waals surface area contributed by atoms with Gasteiger partial charge in [-0.05, 0) is 68.0 Å². The lowest BCUT2D eigenvalue weighted by Gasteiger charge is -2.22. The van der Waals surface area contributed by atoms with Gasteiger partial charge in [-0.25, -0.2) is 0 Å². The van der Waals surface area contributed by atoms with Crippen molar-refractivity contribution in [2.24, 2.45) is 0 Å². The molecular formula is C18H23N3OS. The smallest absolute Gasteiger partial charge is 0.175 e. The van der Waals surface area contributed by atoms with E-state index in [2.05, 4.69) is 22.5 Å². The molecule has 0 aliphatic heterocycles. The maximum absolute atomic E-state index is 9.08. The topological polar surface area (TPSA) is 47.5 Å². The van der Waals surface area contributed by atoms with Gasteiger partial charge in [0.15, 0.2) is 5.11 Å². The summed E-state index contributed by atoms with van der Waals surface area (Å²) in [4.78, 5) is 2.12. The van der Waals surface area contributed by atoms with Crippen molar-refractivity contribution < 1.29 is 5.11 Å². The fourth-order valence-corrected chi connectivity index (χ4v) is 2.60. The first-order valence-electron chi connectivity index (χ1n) is 7.73. The summed E-state index contributed by atoms with van der Waals surface area (Å²) in [5, 5.41) is 16.0. The largest absolute Gasteiger partial charge is 0.395 e. The minimum absolute atomic E-state index is 0.151. The van der Waals surface area contributed by atoms with Crippen LogP contribution in [0.4, 0.5) is 17.1 Å². The molecule has 0 atom stereocenters. The van der Waals surface area contributed by atoms with Gasteiger partial charge in [0.2, 0.25) is 0 Å². The number of rotatable bonds is 6. The zero-order chi connectivity index (χ0) is 16.7. The van der Waals surface area contributed by atoms with Crippen molar-refractivity contribution >= 4 is 34.4 Å². The Morgan fingerprint density at radius 3 is 2.39 bits per heavy atom. The number of benzene rings is 2. The van der Waals surface area contributed by atoms with Crippen LogP contribution in [0.1, 0.15) is 12.5 Å². The molecule has 0 heterocycles. The van der Waals surface area contributed by atoms with Gasteiger partial charge in [-0.3, -0.25) is 0 Å². The van der Waals surface area contributed by atoms with Crippen LogP contribution >= 0.6 is 12.2 Å². The predicted molar refractivity (Wildman–Crippen MR) is 102 cm³/mol. The Bertz CT molecular complexity index is 643. The number of hydrogen-bond acceptors (Lipinski definition) is 3. The van der Waals surface area contributed by atoms with Crippen LogP contribution in [0.3, 0.4) is 0 Å². The van der Waals surface area contributed by atoms with Crippen LogP contribution in [-0.4, -0.2) is 29.9 Å². The highest BCUT2D eigenvalue weighted by atomic mass is 32.1. The number of nitrogens with one attached hydrogen (secondary N) is 2. The molecule has 2 rings (SSSR count). The van der Waals surface area contributed by atoms with Gasteiger partial charge in [0.25, 0.3) is 0 Å². The quantitative estimate of drug-likeness (QED) is 0.707. The number of aliphatic hydroxyl groups excluding tert-OH is 1. The van der Waals surface area contributed by atoms with Gasteiger partial charge in [-0.2, -0.15) is 0 Å². The van der Waals surface area contributed by atoms with E-state index in [0.717, 1.165) is 23.6 Å². The maximum atomic E-state index is 9.08. The molecule has 2 aromatic carbocycles. The molecule has 23 heavy (non-hydrogen) atoms. The molecule has 0 fully saturated rings. The molecule has 2 aromatic rings. The van der Waals surface area contributed by atoms with Gasteiger partial charge in [0.05, 0.1) is 6.61 Å². The lowest BCUT2D eigenvalue weighted by atomic mass is 10.2. The molecule has 0 radical (unpaired) electrons. The number of nitrogens with zero attached hydrogens (tertiary/aromatic N) is 1. The molecule has 0 spiro atoms. The van der Waals surface area contributed by atoms with E-state index in [1.165, 1.54) is 5.56 Å². The summed E-state index contributed by atoms with van der Waals surface area (Å²) in [5.41, 5.74) is 4.17. The van der Waals surface area contributed by atoms with Gasteiger partial charge in [0, 0.05) is 30.2 Å². The van der Waals surface area contributed by atoms with Crippen LogP contribution < -0.4 is 15.5 Å². The van der Waals surface area contributed by atoms with E-state index in [-0.39, 0.29) is 6.61 Å². The number of likely N-dealkylation sites (N-methyl/N-ethyl adjacent to an activating group) is 1. The Balaban J connectivity index is 1.96. The average Bonchev–Trinajstić information content (AvgIpc) is 2.53. The second-order valence-corrected chi connectivity index (χ2v) is 5.71. The summed E-state index contributed by atoms with van der Waals surface area (Å²) >= 11 is 5.34. The Hall–Kier alpha value is -2.11. The Kier molecular flexibility index (Phi) is 6.38. The Morgan fingerprint density at radius 2 is 1.78 bits per heavy atom. The van der Waals surface area contributed by atoms with E-state index >= 15 is 0 Å². The van der Waals surface area contributed by atoms with Crippen molar-refractivity contribution in [1.82, 2.24) is 0 Å². The Morgan fingerprint density at radius 1 is 1.09 bits per heavy atom. The fourth-order valence-electron chi connectivity index (χ4n) is 2.36. The summed E-state index contributed by atoms with van der Waals surface area (Å²) in [5.74, 6) is 0. The van der Waals surface area contributed by atoms with Crippen LogP contribution in [0, 0.1) is 6.92 Å². The average molecular weight is 329 g/mol. The van der Waals surface area contributed by atoms with E-state index in [4.69, 9.17) is 17.3 Å². The highest BCUT2D eigenvalue weighted by molar-refractivity contribution is 7.80. The number of aliphatic hydroxyl groups is 1. The van der Waals surface area contributed by atoms with Crippen molar-refractivity contribution in [3.05, 3.63) is 54.1 Å². The zero-order valence-electron chi connectivity index (χ0n) is 13.5. The summed E-state index contributed by atoms with van der Waals surface area (Å²) in [6.45, 7) is 5.77. The van der Waals surface area contributed by atoms with Gasteiger partial charge in [-0.15, -0.1) is 0 Å². The van der Waals surface area contributed by atoms with Crippen molar-refractivity contribution in [3.8, 4) is 0 Å².